The van der Waals surface area contributed by atoms with E-state index in [-0.39, 0.29) is 24.5 Å². The lowest BCUT2D eigenvalue weighted by Gasteiger charge is -2.39. The van der Waals surface area contributed by atoms with Gasteiger partial charge in [0.1, 0.15) is 34.8 Å². The van der Waals surface area contributed by atoms with Crippen LogP contribution in [0.4, 0.5) is 32.4 Å². The SMILES string of the molecule is CC1c2ccc(C(=O)NCc3c(F)cc(F)cc3F)cc2N(Cc2c(F)cc(OP(=O)(OCc3ccccc3)OCc3ccccc3)cc2F)C(=O)N1C. The molecular formula is C39H33F5N3O6P. The first-order chi connectivity index (χ1) is 25.8. The molecule has 0 spiro atoms. The van der Waals surface area contributed by atoms with Gasteiger partial charge < -0.3 is 14.7 Å². The topological polar surface area (TPSA) is 97.4 Å². The molecule has 0 aliphatic carbocycles. The van der Waals surface area contributed by atoms with Gasteiger partial charge in [-0.3, -0.25) is 18.7 Å². The van der Waals surface area contributed by atoms with Crippen LogP contribution in [-0.4, -0.2) is 23.9 Å². The fraction of sp³-hybridized carbons (Fsp3) is 0.179. The van der Waals surface area contributed by atoms with E-state index in [0.717, 1.165) is 17.0 Å². The molecular weight excluding hydrogens is 732 g/mol. The van der Waals surface area contributed by atoms with Crippen LogP contribution in [0.2, 0.25) is 0 Å². The number of carbonyl (C=O) groups is 2. The summed E-state index contributed by atoms with van der Waals surface area (Å²) in [5.41, 5.74) is 0.834. The van der Waals surface area contributed by atoms with Crippen molar-refractivity contribution in [1.82, 2.24) is 10.2 Å². The summed E-state index contributed by atoms with van der Waals surface area (Å²) >= 11 is 0. The fourth-order valence-corrected chi connectivity index (χ4v) is 6.88. The van der Waals surface area contributed by atoms with Crippen molar-refractivity contribution in [3.8, 4) is 5.75 Å². The molecule has 1 aliphatic rings. The number of benzene rings is 5. The molecule has 1 heterocycles. The number of fused-ring (bicyclic) bond motifs is 1. The minimum atomic E-state index is -4.48. The molecule has 3 amide bonds. The van der Waals surface area contributed by atoms with Gasteiger partial charge in [-0.25, -0.2) is 31.3 Å². The van der Waals surface area contributed by atoms with Crippen molar-refractivity contribution < 1.29 is 49.7 Å². The molecule has 1 N–H and O–H groups in total. The predicted molar refractivity (Wildman–Crippen MR) is 189 cm³/mol. The molecule has 0 aromatic heterocycles. The summed E-state index contributed by atoms with van der Waals surface area (Å²) in [4.78, 5) is 29.0. The third kappa shape index (κ3) is 8.62. The third-order valence-corrected chi connectivity index (χ3v) is 10.1. The molecule has 1 unspecified atom stereocenters. The lowest BCUT2D eigenvalue weighted by atomic mass is 9.98. The van der Waals surface area contributed by atoms with Gasteiger partial charge in [-0.05, 0) is 35.7 Å². The number of nitrogens with zero attached hydrogens (tertiary/aromatic N) is 2. The van der Waals surface area contributed by atoms with Crippen LogP contribution in [-0.2, 0) is 39.9 Å². The standard InChI is InChI=1S/C39H33F5N3O6P/c1-24-30-14-13-27(38(48)45-20-31-33(41)16-28(40)17-34(31)42)15-37(30)47(39(49)46(24)2)21-32-35(43)18-29(19-36(32)44)53-54(50,51-22-25-9-5-3-6-10-25)52-23-26-11-7-4-8-12-26/h3-19,24H,20-23H2,1-2H3,(H,45,48). The van der Waals surface area contributed by atoms with E-state index in [2.05, 4.69) is 5.32 Å². The lowest BCUT2D eigenvalue weighted by molar-refractivity contribution is 0.0950. The first-order valence-electron chi connectivity index (χ1n) is 16.6. The van der Waals surface area contributed by atoms with Crippen LogP contribution in [0.3, 0.4) is 0 Å². The van der Waals surface area contributed by atoms with E-state index >= 15 is 8.78 Å². The quantitative estimate of drug-likeness (QED) is 0.0948. The molecule has 1 atom stereocenters. The molecule has 9 nitrogen and oxygen atoms in total. The van der Waals surface area contributed by atoms with E-state index in [4.69, 9.17) is 13.6 Å². The Kier molecular flexibility index (Phi) is 11.5. The van der Waals surface area contributed by atoms with E-state index in [1.165, 1.54) is 24.1 Å². The van der Waals surface area contributed by atoms with Crippen molar-refractivity contribution in [3.63, 3.8) is 0 Å². The van der Waals surface area contributed by atoms with E-state index in [0.29, 0.717) is 28.8 Å². The highest BCUT2D eigenvalue weighted by molar-refractivity contribution is 7.48. The zero-order valence-corrected chi connectivity index (χ0v) is 29.8. The summed E-state index contributed by atoms with van der Waals surface area (Å²) < 4.78 is 104. The van der Waals surface area contributed by atoms with Crippen LogP contribution in [0.25, 0.3) is 0 Å². The molecule has 280 valence electrons. The van der Waals surface area contributed by atoms with Crippen LogP contribution < -0.4 is 14.7 Å². The number of nitrogens with one attached hydrogen (secondary N) is 1. The van der Waals surface area contributed by atoms with Gasteiger partial charge in [0, 0.05) is 54.5 Å². The number of halogens is 5. The van der Waals surface area contributed by atoms with Gasteiger partial charge in [0.2, 0.25) is 0 Å². The van der Waals surface area contributed by atoms with Gasteiger partial charge in [-0.1, -0.05) is 66.7 Å². The average molecular weight is 766 g/mol. The van der Waals surface area contributed by atoms with Crippen molar-refractivity contribution in [2.75, 3.05) is 11.9 Å². The zero-order chi connectivity index (χ0) is 38.6. The number of amides is 3. The Morgan fingerprint density at radius 1 is 0.759 bits per heavy atom. The highest BCUT2D eigenvalue weighted by Crippen LogP contribution is 2.51. The second-order valence-electron chi connectivity index (χ2n) is 12.4. The van der Waals surface area contributed by atoms with E-state index < -0.39 is 84.9 Å². The van der Waals surface area contributed by atoms with Crippen LogP contribution in [0.1, 0.15) is 51.1 Å². The maximum Gasteiger partial charge on any atom is 0.530 e. The highest BCUT2D eigenvalue weighted by Gasteiger charge is 2.36. The molecule has 6 rings (SSSR count). The maximum absolute atomic E-state index is 15.8. The van der Waals surface area contributed by atoms with Crippen molar-refractivity contribution >= 4 is 25.4 Å². The number of anilines is 1. The smallest absolute Gasteiger partial charge is 0.404 e. The van der Waals surface area contributed by atoms with Crippen molar-refractivity contribution in [2.24, 2.45) is 0 Å². The molecule has 5 aromatic carbocycles. The fourth-order valence-electron chi connectivity index (χ4n) is 5.72. The minimum Gasteiger partial charge on any atom is -0.404 e. The number of rotatable bonds is 13. The molecule has 5 aromatic rings. The molecule has 1 aliphatic heterocycles. The van der Waals surface area contributed by atoms with Crippen LogP contribution >= 0.6 is 7.82 Å². The number of urea groups is 1. The van der Waals surface area contributed by atoms with E-state index in [1.54, 1.807) is 73.7 Å². The highest BCUT2D eigenvalue weighted by atomic mass is 31.2. The summed E-state index contributed by atoms with van der Waals surface area (Å²) in [7, 11) is -2.98. The second-order valence-corrected chi connectivity index (χ2v) is 14.0. The van der Waals surface area contributed by atoms with Crippen molar-refractivity contribution in [1.29, 1.82) is 0 Å². The summed E-state index contributed by atoms with van der Waals surface area (Å²) in [6, 6.07) is 23.2. The number of phosphoric acid groups is 1. The summed E-state index contributed by atoms with van der Waals surface area (Å²) in [5, 5.41) is 2.37. The summed E-state index contributed by atoms with van der Waals surface area (Å²) in [5.74, 6) is -7.06. The molecule has 54 heavy (non-hydrogen) atoms. The molecule has 0 bridgehead atoms. The Bertz CT molecular complexity index is 2140. The van der Waals surface area contributed by atoms with Gasteiger partial charge in [0.15, 0.2) is 0 Å². The Morgan fingerprint density at radius 3 is 1.85 bits per heavy atom. The number of carbonyl (C=O) groups excluding carboxylic acids is 2. The number of hydrogen-bond acceptors (Lipinski definition) is 6. The Hall–Kier alpha value is -5.56. The first kappa shape index (κ1) is 38.2. The van der Waals surface area contributed by atoms with Crippen LogP contribution in [0.15, 0.2) is 103 Å². The number of hydrogen-bond donors (Lipinski definition) is 1. The molecule has 0 radical (unpaired) electrons. The molecule has 15 heteroatoms. The van der Waals surface area contributed by atoms with Gasteiger partial charge in [-0.2, -0.15) is 0 Å². The summed E-state index contributed by atoms with van der Waals surface area (Å²) in [6.45, 7) is 0.0859. The first-order valence-corrected chi connectivity index (χ1v) is 18.0. The Morgan fingerprint density at radius 2 is 1.30 bits per heavy atom. The molecule has 0 saturated heterocycles. The van der Waals surface area contributed by atoms with Crippen molar-refractivity contribution in [2.45, 2.75) is 39.3 Å². The monoisotopic (exact) mass is 765 g/mol. The largest absolute Gasteiger partial charge is 0.530 e. The summed E-state index contributed by atoms with van der Waals surface area (Å²) in [6.07, 6.45) is 0. The van der Waals surface area contributed by atoms with Gasteiger partial charge >= 0.3 is 13.9 Å². The second kappa shape index (κ2) is 16.2. The molecule has 0 fully saturated rings. The lowest BCUT2D eigenvalue weighted by Crippen LogP contribution is -2.47. The van der Waals surface area contributed by atoms with Gasteiger partial charge in [0.05, 0.1) is 31.5 Å². The maximum atomic E-state index is 15.8. The third-order valence-electron chi connectivity index (χ3n) is 8.79. The Balaban J connectivity index is 1.24. The van der Waals surface area contributed by atoms with Gasteiger partial charge in [0.25, 0.3) is 5.91 Å². The van der Waals surface area contributed by atoms with Crippen LogP contribution in [0, 0.1) is 29.1 Å². The predicted octanol–water partition coefficient (Wildman–Crippen LogP) is 9.37. The van der Waals surface area contributed by atoms with Gasteiger partial charge in [-0.15, -0.1) is 0 Å². The normalized spacial score (nSPS) is 14.2. The van der Waals surface area contributed by atoms with Crippen LogP contribution in [0.5, 0.6) is 5.75 Å². The zero-order valence-electron chi connectivity index (χ0n) is 28.9. The van der Waals surface area contributed by atoms with E-state index in [1.807, 2.05) is 0 Å². The average Bonchev–Trinajstić information content (AvgIpc) is 3.15. The minimum absolute atomic E-state index is 0.0299. The van der Waals surface area contributed by atoms with Crippen molar-refractivity contribution in [3.05, 3.63) is 166 Å². The molecule has 0 saturated carbocycles. The van der Waals surface area contributed by atoms with E-state index in [9.17, 15) is 27.3 Å². The Labute approximate surface area is 307 Å². The number of phosphoric ester groups is 1.